The van der Waals surface area contributed by atoms with Gasteiger partial charge in [0.05, 0.1) is 13.2 Å². The van der Waals surface area contributed by atoms with Gasteiger partial charge in [0.2, 0.25) is 0 Å². The van der Waals surface area contributed by atoms with Crippen molar-refractivity contribution in [3.8, 4) is 11.8 Å². The van der Waals surface area contributed by atoms with Gasteiger partial charge >= 0.3 is 11.9 Å². The summed E-state index contributed by atoms with van der Waals surface area (Å²) in [6.45, 7) is 5.63. The van der Waals surface area contributed by atoms with Crippen LogP contribution < -0.4 is 0 Å². The van der Waals surface area contributed by atoms with Gasteiger partial charge in [-0.15, -0.1) is 11.8 Å². The predicted octanol–water partition coefficient (Wildman–Crippen LogP) is 1.53. The fraction of sp³-hybridized carbons (Fsp3) is 0.667. The molecule has 16 heavy (non-hydrogen) atoms. The Morgan fingerprint density at radius 1 is 1.12 bits per heavy atom. The Morgan fingerprint density at radius 3 is 2.00 bits per heavy atom. The van der Waals surface area contributed by atoms with Gasteiger partial charge in [0.15, 0.2) is 5.92 Å². The van der Waals surface area contributed by atoms with Gasteiger partial charge in [-0.05, 0) is 27.2 Å². The first-order chi connectivity index (χ1) is 7.67. The molecule has 90 valence electrons. The van der Waals surface area contributed by atoms with Crippen molar-refractivity contribution in [3.05, 3.63) is 0 Å². The molecular formula is C12H18O4. The number of rotatable bonds is 6. The lowest BCUT2D eigenvalue weighted by atomic mass is 10.0. The van der Waals surface area contributed by atoms with Crippen molar-refractivity contribution in [3.63, 3.8) is 0 Å². The molecule has 4 nitrogen and oxygen atoms in total. The predicted molar refractivity (Wildman–Crippen MR) is 59.4 cm³/mol. The largest absolute Gasteiger partial charge is 0.465 e. The molecule has 0 aliphatic heterocycles. The van der Waals surface area contributed by atoms with E-state index in [1.807, 2.05) is 0 Å². The van der Waals surface area contributed by atoms with E-state index in [-0.39, 0.29) is 13.2 Å². The van der Waals surface area contributed by atoms with E-state index in [4.69, 9.17) is 9.47 Å². The van der Waals surface area contributed by atoms with E-state index >= 15 is 0 Å². The number of carbonyl (C=O) groups is 2. The quantitative estimate of drug-likeness (QED) is 0.391. The minimum Gasteiger partial charge on any atom is -0.465 e. The maximum absolute atomic E-state index is 11.5. The molecule has 0 aromatic heterocycles. The number of carbonyl (C=O) groups excluding carboxylic acids is 2. The second-order valence-electron chi connectivity index (χ2n) is 3.02. The molecule has 0 fully saturated rings. The zero-order valence-corrected chi connectivity index (χ0v) is 10.0. The van der Waals surface area contributed by atoms with Gasteiger partial charge in [-0.1, -0.05) is 0 Å². The molecule has 0 rings (SSSR count). The standard InChI is InChI=1S/C12H18O4/c1-4-7-8-9-10(11(13)15-5-2)12(14)16-6-3/h10H,5-6,8-9H2,1-3H3. The smallest absolute Gasteiger partial charge is 0.320 e. The van der Waals surface area contributed by atoms with Crippen LogP contribution in [0.4, 0.5) is 0 Å². The highest BCUT2D eigenvalue weighted by molar-refractivity contribution is 5.94. The highest BCUT2D eigenvalue weighted by Gasteiger charge is 2.28. The van der Waals surface area contributed by atoms with Crippen LogP contribution >= 0.6 is 0 Å². The molecule has 0 aromatic rings. The SMILES string of the molecule is CC#CCCC(C(=O)OCC)C(=O)OCC. The Balaban J connectivity index is 4.40. The third kappa shape index (κ3) is 5.40. The van der Waals surface area contributed by atoms with Crippen molar-refractivity contribution in [1.82, 2.24) is 0 Å². The summed E-state index contributed by atoms with van der Waals surface area (Å²) in [4.78, 5) is 23.0. The first-order valence-corrected chi connectivity index (χ1v) is 5.40. The first kappa shape index (κ1) is 14.5. The van der Waals surface area contributed by atoms with Crippen molar-refractivity contribution in [1.29, 1.82) is 0 Å². The molecule has 0 unspecified atom stereocenters. The summed E-state index contributed by atoms with van der Waals surface area (Å²) in [5.74, 6) is 3.61. The average Bonchev–Trinajstić information content (AvgIpc) is 2.25. The summed E-state index contributed by atoms with van der Waals surface area (Å²) in [5.41, 5.74) is 0. The van der Waals surface area contributed by atoms with Gasteiger partial charge in [-0.2, -0.15) is 0 Å². The maximum atomic E-state index is 11.5. The van der Waals surface area contributed by atoms with E-state index in [1.165, 1.54) is 0 Å². The summed E-state index contributed by atoms with van der Waals surface area (Å²) >= 11 is 0. The van der Waals surface area contributed by atoms with Crippen LogP contribution in [0.2, 0.25) is 0 Å². The third-order valence-corrected chi connectivity index (χ3v) is 1.88. The Labute approximate surface area is 96.3 Å². The van der Waals surface area contributed by atoms with E-state index in [9.17, 15) is 9.59 Å². The van der Waals surface area contributed by atoms with Crippen molar-refractivity contribution >= 4 is 11.9 Å². The molecule has 0 spiro atoms. The number of ether oxygens (including phenoxy) is 2. The van der Waals surface area contributed by atoms with Crippen molar-refractivity contribution in [2.24, 2.45) is 5.92 Å². The summed E-state index contributed by atoms with van der Waals surface area (Å²) in [6.07, 6.45) is 0.831. The van der Waals surface area contributed by atoms with Crippen LogP contribution in [0, 0.1) is 17.8 Å². The first-order valence-electron chi connectivity index (χ1n) is 5.40. The van der Waals surface area contributed by atoms with E-state index in [0.717, 1.165) is 0 Å². The topological polar surface area (TPSA) is 52.6 Å². The van der Waals surface area contributed by atoms with Crippen LogP contribution in [-0.2, 0) is 19.1 Å². The van der Waals surface area contributed by atoms with Crippen molar-refractivity contribution in [2.75, 3.05) is 13.2 Å². The second-order valence-corrected chi connectivity index (χ2v) is 3.02. The lowest BCUT2D eigenvalue weighted by molar-refractivity contribution is -0.161. The number of hydrogen-bond donors (Lipinski definition) is 0. The third-order valence-electron chi connectivity index (χ3n) is 1.88. The van der Waals surface area contributed by atoms with Crippen LogP contribution in [-0.4, -0.2) is 25.2 Å². The zero-order chi connectivity index (χ0) is 12.4. The number of hydrogen-bond acceptors (Lipinski definition) is 4. The maximum Gasteiger partial charge on any atom is 0.320 e. The summed E-state index contributed by atoms with van der Waals surface area (Å²) in [5, 5.41) is 0. The van der Waals surface area contributed by atoms with E-state index in [2.05, 4.69) is 11.8 Å². The van der Waals surface area contributed by atoms with Crippen LogP contribution in [0.15, 0.2) is 0 Å². The second kappa shape index (κ2) is 8.78. The molecule has 0 saturated carbocycles. The number of esters is 2. The van der Waals surface area contributed by atoms with Gasteiger partial charge in [0.25, 0.3) is 0 Å². The van der Waals surface area contributed by atoms with E-state index < -0.39 is 17.9 Å². The summed E-state index contributed by atoms with van der Waals surface area (Å²) < 4.78 is 9.63. The molecule has 0 aliphatic rings. The molecule has 0 bridgehead atoms. The molecule has 0 aromatic carbocycles. The average molecular weight is 226 g/mol. The molecule has 0 amide bonds. The Bertz CT molecular complexity index is 267. The molecule has 0 N–H and O–H groups in total. The van der Waals surface area contributed by atoms with Crippen LogP contribution in [0.5, 0.6) is 0 Å². The van der Waals surface area contributed by atoms with Gasteiger partial charge in [-0.3, -0.25) is 9.59 Å². The van der Waals surface area contributed by atoms with Crippen molar-refractivity contribution in [2.45, 2.75) is 33.6 Å². The molecule has 0 saturated heterocycles. The molecule has 0 heterocycles. The van der Waals surface area contributed by atoms with Crippen LogP contribution in [0.1, 0.15) is 33.6 Å². The van der Waals surface area contributed by atoms with Gasteiger partial charge in [0, 0.05) is 6.42 Å². The Morgan fingerprint density at radius 2 is 1.62 bits per heavy atom. The molecule has 0 aliphatic carbocycles. The monoisotopic (exact) mass is 226 g/mol. The van der Waals surface area contributed by atoms with Gasteiger partial charge < -0.3 is 9.47 Å². The fourth-order valence-corrected chi connectivity index (χ4v) is 1.16. The zero-order valence-electron chi connectivity index (χ0n) is 10.0. The molecular weight excluding hydrogens is 208 g/mol. The fourth-order valence-electron chi connectivity index (χ4n) is 1.16. The lowest BCUT2D eigenvalue weighted by Gasteiger charge is -2.12. The summed E-state index contributed by atoms with van der Waals surface area (Å²) in [6, 6.07) is 0. The van der Waals surface area contributed by atoms with Crippen molar-refractivity contribution < 1.29 is 19.1 Å². The van der Waals surface area contributed by atoms with Gasteiger partial charge in [0.1, 0.15) is 0 Å². The summed E-state index contributed by atoms with van der Waals surface area (Å²) in [7, 11) is 0. The molecule has 4 heteroatoms. The van der Waals surface area contributed by atoms with Gasteiger partial charge in [-0.25, -0.2) is 0 Å². The highest BCUT2D eigenvalue weighted by Crippen LogP contribution is 2.11. The normalized spacial score (nSPS) is 9.25. The van der Waals surface area contributed by atoms with E-state index in [1.54, 1.807) is 20.8 Å². The minimum atomic E-state index is -0.847. The van der Waals surface area contributed by atoms with Crippen LogP contribution in [0.3, 0.4) is 0 Å². The Hall–Kier alpha value is -1.50. The Kier molecular flexibility index (Phi) is 7.96. The van der Waals surface area contributed by atoms with E-state index in [0.29, 0.717) is 12.8 Å². The molecule has 0 atom stereocenters. The highest BCUT2D eigenvalue weighted by atomic mass is 16.6. The lowest BCUT2D eigenvalue weighted by Crippen LogP contribution is -2.28. The molecule has 0 radical (unpaired) electrons. The minimum absolute atomic E-state index is 0.258. The van der Waals surface area contributed by atoms with Crippen LogP contribution in [0.25, 0.3) is 0 Å².